The summed E-state index contributed by atoms with van der Waals surface area (Å²) in [6.07, 6.45) is 5.75. The number of nitrogens with zero attached hydrogens (tertiary/aromatic N) is 2. The summed E-state index contributed by atoms with van der Waals surface area (Å²) in [5, 5.41) is 9.49. The smallest absolute Gasteiger partial charge is 0.227 e. The molecule has 0 aliphatic carbocycles. The fourth-order valence-electron chi connectivity index (χ4n) is 3.39. The van der Waals surface area contributed by atoms with Crippen LogP contribution < -0.4 is 0 Å². The van der Waals surface area contributed by atoms with Crippen molar-refractivity contribution < 1.29 is 4.79 Å². The van der Waals surface area contributed by atoms with Crippen LogP contribution in [0.5, 0.6) is 0 Å². The summed E-state index contributed by atoms with van der Waals surface area (Å²) in [4.78, 5) is 15.7. The molecule has 1 amide bonds. The van der Waals surface area contributed by atoms with Crippen LogP contribution in [0.4, 0.5) is 0 Å². The van der Waals surface area contributed by atoms with Gasteiger partial charge in [0.2, 0.25) is 5.91 Å². The summed E-state index contributed by atoms with van der Waals surface area (Å²) in [5.41, 5.74) is 2.56. The van der Waals surface area contributed by atoms with E-state index in [1.807, 2.05) is 28.6 Å². The average molecular weight is 331 g/mol. The Labute approximate surface area is 141 Å². The van der Waals surface area contributed by atoms with E-state index in [9.17, 15) is 4.79 Å². The van der Waals surface area contributed by atoms with Crippen LogP contribution in [-0.4, -0.2) is 34.1 Å². The molecule has 5 heteroatoms. The Hall–Kier alpha value is -1.62. The number of rotatable bonds is 5. The quantitative estimate of drug-likeness (QED) is 0.910. The van der Waals surface area contributed by atoms with Crippen LogP contribution >= 0.6 is 11.3 Å². The Morgan fingerprint density at radius 3 is 3.13 bits per heavy atom. The zero-order chi connectivity index (χ0) is 16.2. The first kappa shape index (κ1) is 16.2. The maximum absolute atomic E-state index is 12.6. The van der Waals surface area contributed by atoms with E-state index in [-0.39, 0.29) is 5.91 Å². The van der Waals surface area contributed by atoms with E-state index in [2.05, 4.69) is 24.0 Å². The summed E-state index contributed by atoms with van der Waals surface area (Å²) in [6.45, 7) is 6.16. The summed E-state index contributed by atoms with van der Waals surface area (Å²) in [7, 11) is 0. The molecule has 23 heavy (non-hydrogen) atoms. The zero-order valence-electron chi connectivity index (χ0n) is 13.9. The topological polar surface area (TPSA) is 49.0 Å². The number of likely N-dealkylation sites (tertiary alicyclic amines) is 1. The molecule has 4 nitrogen and oxygen atoms in total. The molecule has 1 aliphatic rings. The standard InChI is InChI=1S/C18H25N3OS/c1-13(2)9-15-11-19-20-18(15)14-5-3-7-21(12-14)17(22)10-16-6-4-8-23-16/h4,6,8,11,13-14H,3,5,7,9-10,12H2,1-2H3,(H,19,20)/t14-/m0/s1. The van der Waals surface area contributed by atoms with Gasteiger partial charge in [0.25, 0.3) is 0 Å². The molecular formula is C18H25N3OS. The van der Waals surface area contributed by atoms with Crippen molar-refractivity contribution in [2.75, 3.05) is 13.1 Å². The summed E-state index contributed by atoms with van der Waals surface area (Å²) < 4.78 is 0. The second-order valence-electron chi connectivity index (χ2n) is 6.84. The number of thiophene rings is 1. The van der Waals surface area contributed by atoms with Crippen molar-refractivity contribution in [3.8, 4) is 0 Å². The SMILES string of the molecule is CC(C)Cc1cn[nH]c1[C@H]1CCCN(C(=O)Cc2cccs2)C1. The summed E-state index contributed by atoms with van der Waals surface area (Å²) in [5.74, 6) is 1.26. The lowest BCUT2D eigenvalue weighted by atomic mass is 9.90. The van der Waals surface area contributed by atoms with E-state index in [0.29, 0.717) is 18.3 Å². The number of carbonyl (C=O) groups excluding carboxylic acids is 1. The van der Waals surface area contributed by atoms with Gasteiger partial charge < -0.3 is 4.90 Å². The van der Waals surface area contributed by atoms with Gasteiger partial charge in [-0.15, -0.1) is 11.3 Å². The van der Waals surface area contributed by atoms with Crippen LogP contribution in [0.15, 0.2) is 23.7 Å². The number of amides is 1. The van der Waals surface area contributed by atoms with Gasteiger partial charge in [-0.1, -0.05) is 19.9 Å². The molecule has 0 saturated carbocycles. The van der Waals surface area contributed by atoms with Gasteiger partial charge in [-0.2, -0.15) is 5.10 Å². The molecule has 1 fully saturated rings. The average Bonchev–Trinajstić information content (AvgIpc) is 3.18. The maximum atomic E-state index is 12.6. The molecule has 3 heterocycles. The number of aromatic amines is 1. The van der Waals surface area contributed by atoms with E-state index < -0.39 is 0 Å². The van der Waals surface area contributed by atoms with Gasteiger partial charge in [-0.25, -0.2) is 0 Å². The van der Waals surface area contributed by atoms with Crippen LogP contribution in [0.2, 0.25) is 0 Å². The molecule has 0 radical (unpaired) electrons. The Morgan fingerprint density at radius 2 is 2.39 bits per heavy atom. The Balaban J connectivity index is 1.66. The molecule has 0 unspecified atom stereocenters. The first-order valence-corrected chi connectivity index (χ1v) is 9.33. The second kappa shape index (κ2) is 7.30. The number of carbonyl (C=O) groups is 1. The van der Waals surface area contributed by atoms with Crippen LogP contribution in [0, 0.1) is 5.92 Å². The van der Waals surface area contributed by atoms with Gasteiger partial charge >= 0.3 is 0 Å². The molecule has 3 rings (SSSR count). The van der Waals surface area contributed by atoms with Gasteiger partial charge in [0.05, 0.1) is 12.6 Å². The molecule has 1 N–H and O–H groups in total. The van der Waals surface area contributed by atoms with Crippen molar-refractivity contribution in [2.24, 2.45) is 5.92 Å². The molecule has 1 aliphatic heterocycles. The van der Waals surface area contributed by atoms with Crippen molar-refractivity contribution in [1.29, 1.82) is 0 Å². The van der Waals surface area contributed by atoms with Crippen molar-refractivity contribution in [1.82, 2.24) is 15.1 Å². The summed E-state index contributed by atoms with van der Waals surface area (Å²) >= 11 is 1.66. The highest BCUT2D eigenvalue weighted by molar-refractivity contribution is 7.10. The van der Waals surface area contributed by atoms with Gasteiger partial charge in [-0.05, 0) is 42.2 Å². The lowest BCUT2D eigenvalue weighted by Crippen LogP contribution is -2.40. The largest absolute Gasteiger partial charge is 0.342 e. The number of nitrogens with one attached hydrogen (secondary N) is 1. The predicted octanol–water partition coefficient (Wildman–Crippen LogP) is 3.62. The molecule has 1 saturated heterocycles. The van der Waals surface area contributed by atoms with E-state index in [4.69, 9.17) is 0 Å². The normalized spacial score (nSPS) is 18.6. The lowest BCUT2D eigenvalue weighted by molar-refractivity contribution is -0.131. The number of hydrogen-bond donors (Lipinski definition) is 1. The highest BCUT2D eigenvalue weighted by Gasteiger charge is 2.27. The number of hydrogen-bond acceptors (Lipinski definition) is 3. The molecular weight excluding hydrogens is 306 g/mol. The van der Waals surface area contributed by atoms with E-state index >= 15 is 0 Å². The third-order valence-corrected chi connectivity index (χ3v) is 5.34. The van der Waals surface area contributed by atoms with Crippen molar-refractivity contribution in [3.63, 3.8) is 0 Å². The number of aromatic nitrogens is 2. The minimum Gasteiger partial charge on any atom is -0.342 e. The van der Waals surface area contributed by atoms with Gasteiger partial charge in [0, 0.05) is 29.6 Å². The van der Waals surface area contributed by atoms with Crippen molar-refractivity contribution >= 4 is 17.2 Å². The monoisotopic (exact) mass is 331 g/mol. The Kier molecular flexibility index (Phi) is 5.16. The van der Waals surface area contributed by atoms with E-state index in [0.717, 1.165) is 37.2 Å². The summed E-state index contributed by atoms with van der Waals surface area (Å²) in [6, 6.07) is 4.05. The molecule has 0 spiro atoms. The van der Waals surface area contributed by atoms with Crippen molar-refractivity contribution in [2.45, 2.75) is 45.4 Å². The van der Waals surface area contributed by atoms with Gasteiger partial charge in [0.15, 0.2) is 0 Å². The van der Waals surface area contributed by atoms with Crippen LogP contribution in [-0.2, 0) is 17.6 Å². The van der Waals surface area contributed by atoms with E-state index in [1.165, 1.54) is 11.3 Å². The third-order valence-electron chi connectivity index (χ3n) is 4.47. The highest BCUT2D eigenvalue weighted by atomic mass is 32.1. The van der Waals surface area contributed by atoms with Crippen LogP contribution in [0.25, 0.3) is 0 Å². The van der Waals surface area contributed by atoms with Crippen LogP contribution in [0.3, 0.4) is 0 Å². The maximum Gasteiger partial charge on any atom is 0.227 e. The predicted molar refractivity (Wildman–Crippen MR) is 93.7 cm³/mol. The number of H-pyrrole nitrogens is 1. The Morgan fingerprint density at radius 1 is 1.52 bits per heavy atom. The molecule has 0 bridgehead atoms. The fraction of sp³-hybridized carbons (Fsp3) is 0.556. The van der Waals surface area contributed by atoms with Crippen molar-refractivity contribution in [3.05, 3.63) is 39.8 Å². The van der Waals surface area contributed by atoms with Crippen LogP contribution in [0.1, 0.15) is 48.7 Å². The molecule has 0 aromatic carbocycles. The van der Waals surface area contributed by atoms with Gasteiger partial charge in [-0.3, -0.25) is 9.89 Å². The third kappa shape index (κ3) is 4.02. The molecule has 1 atom stereocenters. The highest BCUT2D eigenvalue weighted by Crippen LogP contribution is 2.29. The molecule has 2 aromatic rings. The number of piperidine rings is 1. The minimum atomic E-state index is 0.252. The van der Waals surface area contributed by atoms with E-state index in [1.54, 1.807) is 11.3 Å². The molecule has 2 aromatic heterocycles. The Bertz CT molecular complexity index is 632. The minimum absolute atomic E-state index is 0.252. The molecule has 124 valence electrons. The fourth-order valence-corrected chi connectivity index (χ4v) is 4.09. The van der Waals surface area contributed by atoms with Gasteiger partial charge in [0.1, 0.15) is 0 Å². The first-order chi connectivity index (χ1) is 11.1. The second-order valence-corrected chi connectivity index (χ2v) is 7.87. The first-order valence-electron chi connectivity index (χ1n) is 8.45. The zero-order valence-corrected chi connectivity index (χ0v) is 14.7. The lowest BCUT2D eigenvalue weighted by Gasteiger charge is -2.33.